The van der Waals surface area contributed by atoms with Crippen LogP contribution >= 0.6 is 0 Å². The zero-order chi connectivity index (χ0) is 14.7. The molecule has 2 aromatic carbocycles. The van der Waals surface area contributed by atoms with Crippen LogP contribution in [0.25, 0.3) is 5.69 Å². The molecular formula is C15H11FN4O. The van der Waals surface area contributed by atoms with Gasteiger partial charge in [-0.3, -0.25) is 4.79 Å². The number of para-hydroxylation sites is 1. The zero-order valence-electron chi connectivity index (χ0n) is 10.9. The lowest BCUT2D eigenvalue weighted by Crippen LogP contribution is -2.12. The largest absolute Gasteiger partial charge is 0.320 e. The molecule has 5 nitrogen and oxygen atoms in total. The van der Waals surface area contributed by atoms with Gasteiger partial charge in [-0.05, 0) is 30.3 Å². The minimum Gasteiger partial charge on any atom is -0.320 e. The van der Waals surface area contributed by atoms with Gasteiger partial charge in [0.1, 0.15) is 5.82 Å². The molecule has 6 heteroatoms. The molecule has 21 heavy (non-hydrogen) atoms. The molecule has 0 atom stereocenters. The fraction of sp³-hybridized carbons (Fsp3) is 0. The number of anilines is 1. The maximum Gasteiger partial charge on any atom is 0.277 e. The molecule has 0 spiro atoms. The summed E-state index contributed by atoms with van der Waals surface area (Å²) >= 11 is 0. The quantitative estimate of drug-likeness (QED) is 0.803. The molecule has 0 radical (unpaired) electrons. The molecule has 1 N–H and O–H groups in total. The predicted octanol–water partition coefficient (Wildman–Crippen LogP) is 2.66. The number of benzene rings is 2. The molecule has 104 valence electrons. The lowest BCUT2D eigenvalue weighted by molar-refractivity contribution is 0.102. The van der Waals surface area contributed by atoms with Crippen molar-refractivity contribution >= 4 is 11.6 Å². The summed E-state index contributed by atoms with van der Waals surface area (Å²) in [6, 6.07) is 15.0. The van der Waals surface area contributed by atoms with Crippen LogP contribution in [0.3, 0.4) is 0 Å². The molecule has 3 aromatic rings. The predicted molar refractivity (Wildman–Crippen MR) is 75.7 cm³/mol. The molecule has 0 bridgehead atoms. The maximum absolute atomic E-state index is 13.1. The van der Waals surface area contributed by atoms with Crippen LogP contribution in [0.1, 0.15) is 10.5 Å². The maximum atomic E-state index is 13.1. The summed E-state index contributed by atoms with van der Waals surface area (Å²) in [6.45, 7) is 0. The molecule has 1 aromatic heterocycles. The second-order valence-electron chi connectivity index (χ2n) is 4.35. The van der Waals surface area contributed by atoms with Crippen LogP contribution in [0.4, 0.5) is 10.1 Å². The van der Waals surface area contributed by atoms with Gasteiger partial charge in [-0.25, -0.2) is 9.07 Å². The molecule has 1 amide bonds. The molecule has 0 saturated heterocycles. The van der Waals surface area contributed by atoms with Gasteiger partial charge >= 0.3 is 0 Å². The Bertz CT molecular complexity index is 770. The summed E-state index contributed by atoms with van der Waals surface area (Å²) in [5.41, 5.74) is 1.33. The van der Waals surface area contributed by atoms with Gasteiger partial charge < -0.3 is 5.32 Å². The van der Waals surface area contributed by atoms with Crippen molar-refractivity contribution in [1.82, 2.24) is 15.0 Å². The Morgan fingerprint density at radius 1 is 1.10 bits per heavy atom. The topological polar surface area (TPSA) is 59.8 Å². The third kappa shape index (κ3) is 2.94. The van der Waals surface area contributed by atoms with E-state index < -0.39 is 11.7 Å². The van der Waals surface area contributed by atoms with Gasteiger partial charge in [-0.2, -0.15) is 0 Å². The molecule has 0 aliphatic rings. The highest BCUT2D eigenvalue weighted by atomic mass is 19.1. The normalized spacial score (nSPS) is 10.3. The number of aromatic nitrogens is 3. The molecule has 0 aliphatic carbocycles. The van der Waals surface area contributed by atoms with E-state index in [4.69, 9.17) is 0 Å². The Labute approximate surface area is 120 Å². The van der Waals surface area contributed by atoms with Crippen molar-refractivity contribution in [2.24, 2.45) is 0 Å². The number of hydrogen-bond acceptors (Lipinski definition) is 3. The number of nitrogens with zero attached hydrogens (tertiary/aromatic N) is 3. The van der Waals surface area contributed by atoms with E-state index in [1.807, 2.05) is 30.3 Å². The zero-order valence-corrected chi connectivity index (χ0v) is 10.9. The smallest absolute Gasteiger partial charge is 0.277 e. The van der Waals surface area contributed by atoms with Crippen LogP contribution in [0.15, 0.2) is 60.8 Å². The van der Waals surface area contributed by atoms with E-state index in [1.54, 1.807) is 6.07 Å². The summed E-state index contributed by atoms with van der Waals surface area (Å²) in [7, 11) is 0. The third-order valence-electron chi connectivity index (χ3n) is 2.83. The van der Waals surface area contributed by atoms with Gasteiger partial charge in [0.25, 0.3) is 5.91 Å². The van der Waals surface area contributed by atoms with Crippen molar-refractivity contribution in [1.29, 1.82) is 0 Å². The lowest BCUT2D eigenvalue weighted by atomic mass is 10.3. The minimum atomic E-state index is -0.442. The average molecular weight is 282 g/mol. The van der Waals surface area contributed by atoms with Crippen molar-refractivity contribution in [2.75, 3.05) is 5.32 Å². The van der Waals surface area contributed by atoms with Crippen molar-refractivity contribution < 1.29 is 9.18 Å². The number of nitrogens with one attached hydrogen (secondary N) is 1. The van der Waals surface area contributed by atoms with Crippen LogP contribution in [-0.2, 0) is 0 Å². The van der Waals surface area contributed by atoms with E-state index >= 15 is 0 Å². The van der Waals surface area contributed by atoms with Crippen LogP contribution in [0, 0.1) is 5.82 Å². The fourth-order valence-electron chi connectivity index (χ4n) is 1.84. The van der Waals surface area contributed by atoms with Crippen LogP contribution in [0.5, 0.6) is 0 Å². The van der Waals surface area contributed by atoms with Crippen LogP contribution in [-0.4, -0.2) is 20.9 Å². The van der Waals surface area contributed by atoms with Gasteiger partial charge in [0, 0.05) is 5.69 Å². The highest BCUT2D eigenvalue weighted by Gasteiger charge is 2.12. The van der Waals surface area contributed by atoms with E-state index in [2.05, 4.69) is 15.6 Å². The highest BCUT2D eigenvalue weighted by Crippen LogP contribution is 2.11. The van der Waals surface area contributed by atoms with Crippen LogP contribution in [0.2, 0.25) is 0 Å². The SMILES string of the molecule is O=C(Nc1cccc(F)c1)c1cn(-c2ccccc2)nn1. The Kier molecular flexibility index (Phi) is 3.42. The van der Waals surface area contributed by atoms with E-state index in [1.165, 1.54) is 29.1 Å². The first-order valence-electron chi connectivity index (χ1n) is 6.27. The van der Waals surface area contributed by atoms with Crippen molar-refractivity contribution in [3.63, 3.8) is 0 Å². The van der Waals surface area contributed by atoms with Crippen molar-refractivity contribution in [3.8, 4) is 5.69 Å². The van der Waals surface area contributed by atoms with Crippen molar-refractivity contribution in [2.45, 2.75) is 0 Å². The van der Waals surface area contributed by atoms with E-state index in [0.717, 1.165) is 5.69 Å². The number of carbonyl (C=O) groups excluding carboxylic acids is 1. The first-order valence-corrected chi connectivity index (χ1v) is 6.27. The minimum absolute atomic E-state index is 0.156. The summed E-state index contributed by atoms with van der Waals surface area (Å²) in [5.74, 6) is -0.858. The second-order valence-corrected chi connectivity index (χ2v) is 4.35. The summed E-state index contributed by atoms with van der Waals surface area (Å²) in [5, 5.41) is 10.3. The second kappa shape index (κ2) is 5.54. The molecular weight excluding hydrogens is 271 g/mol. The molecule has 3 rings (SSSR count). The summed E-state index contributed by atoms with van der Waals surface area (Å²) in [6.07, 6.45) is 1.52. The number of rotatable bonds is 3. The number of hydrogen-bond donors (Lipinski definition) is 1. The van der Waals surface area contributed by atoms with Gasteiger partial charge in [0.2, 0.25) is 0 Å². The van der Waals surface area contributed by atoms with Gasteiger partial charge in [0.05, 0.1) is 11.9 Å². The Hall–Kier alpha value is -3.02. The first-order chi connectivity index (χ1) is 10.2. The monoisotopic (exact) mass is 282 g/mol. The first kappa shape index (κ1) is 13.0. The van der Waals surface area contributed by atoms with Crippen molar-refractivity contribution in [3.05, 3.63) is 72.3 Å². The number of amides is 1. The molecule has 1 heterocycles. The molecule has 0 unspecified atom stereocenters. The lowest BCUT2D eigenvalue weighted by Gasteiger charge is -2.02. The average Bonchev–Trinajstić information content (AvgIpc) is 2.98. The number of carbonyl (C=O) groups is 1. The van der Waals surface area contributed by atoms with Gasteiger partial charge in [-0.1, -0.05) is 29.5 Å². The summed E-state index contributed by atoms with van der Waals surface area (Å²) in [4.78, 5) is 12.0. The van der Waals surface area contributed by atoms with Gasteiger partial charge in [0.15, 0.2) is 5.69 Å². The van der Waals surface area contributed by atoms with Crippen LogP contribution < -0.4 is 5.32 Å². The Morgan fingerprint density at radius 2 is 1.90 bits per heavy atom. The summed E-state index contributed by atoms with van der Waals surface area (Å²) < 4.78 is 14.6. The Morgan fingerprint density at radius 3 is 2.67 bits per heavy atom. The molecule has 0 aliphatic heterocycles. The van der Waals surface area contributed by atoms with E-state index in [9.17, 15) is 9.18 Å². The standard InChI is InChI=1S/C15H11FN4O/c16-11-5-4-6-12(9-11)17-15(21)14-10-20(19-18-14)13-7-2-1-3-8-13/h1-10H,(H,17,21). The fourth-order valence-corrected chi connectivity index (χ4v) is 1.84. The number of halogens is 1. The molecule has 0 fully saturated rings. The van der Waals surface area contributed by atoms with E-state index in [-0.39, 0.29) is 5.69 Å². The van der Waals surface area contributed by atoms with Gasteiger partial charge in [-0.15, -0.1) is 5.10 Å². The third-order valence-corrected chi connectivity index (χ3v) is 2.83. The highest BCUT2D eigenvalue weighted by molar-refractivity contribution is 6.02. The molecule has 0 saturated carbocycles. The Balaban J connectivity index is 1.78. The van der Waals surface area contributed by atoms with E-state index in [0.29, 0.717) is 5.69 Å².